The maximum atomic E-state index is 3.50. The monoisotopic (exact) mass is 1080 g/mol. The Morgan fingerprint density at radius 1 is 0.193 bits per heavy atom. The Morgan fingerprint density at radius 3 is 0.602 bits per heavy atom. The average Bonchev–Trinajstić information content (AvgIpc) is 3.67. The molecule has 2 heteroatoms. The van der Waals surface area contributed by atoms with Crippen LogP contribution >= 0.6 is 0 Å². The lowest BCUT2D eigenvalue weighted by Crippen LogP contribution is -1.92. The summed E-state index contributed by atoms with van der Waals surface area (Å²) in [5.74, 6) is 0. The van der Waals surface area contributed by atoms with E-state index in [0.717, 1.165) is 42.0 Å². The molecule has 0 aromatic heterocycles. The van der Waals surface area contributed by atoms with Gasteiger partial charge in [-0.15, -0.1) is 0 Å². The third kappa shape index (κ3) is 18.9. The van der Waals surface area contributed by atoms with Crippen molar-refractivity contribution < 1.29 is 0 Å². The van der Waals surface area contributed by atoms with E-state index >= 15 is 0 Å². The van der Waals surface area contributed by atoms with Gasteiger partial charge in [0.05, 0.1) is 0 Å². The molecule has 83 heavy (non-hydrogen) atoms. The zero-order valence-corrected chi connectivity index (χ0v) is 50.5. The third-order valence-electron chi connectivity index (χ3n) is 14.9. The molecule has 0 aliphatic rings. The van der Waals surface area contributed by atoms with E-state index in [0.29, 0.717) is 0 Å². The molecule has 12 rings (SSSR count). The first kappa shape index (κ1) is 59.9. The highest BCUT2D eigenvalue weighted by molar-refractivity contribution is 5.98. The molecule has 12 aromatic rings. The van der Waals surface area contributed by atoms with Gasteiger partial charge in [-0.25, -0.2) is 0 Å². The minimum absolute atomic E-state index is 1.03. The zero-order valence-electron chi connectivity index (χ0n) is 50.5. The molecule has 416 valence electrons. The number of rotatable bonds is 10. The minimum Gasteiger partial charge on any atom is -0.355 e. The summed E-state index contributed by atoms with van der Waals surface area (Å²) in [6.45, 7) is 21.2. The largest absolute Gasteiger partial charge is 0.355 e. The van der Waals surface area contributed by atoms with Crippen LogP contribution in [0.4, 0.5) is 22.7 Å². The van der Waals surface area contributed by atoms with Crippen molar-refractivity contribution in [3.63, 3.8) is 0 Å². The van der Waals surface area contributed by atoms with E-state index < -0.39 is 0 Å². The van der Waals surface area contributed by atoms with Crippen molar-refractivity contribution in [1.29, 1.82) is 0 Å². The van der Waals surface area contributed by atoms with Gasteiger partial charge in [0.2, 0.25) is 0 Å². The van der Waals surface area contributed by atoms with Crippen LogP contribution in [0.25, 0.3) is 21.5 Å². The Hall–Kier alpha value is -9.24. The fourth-order valence-electron chi connectivity index (χ4n) is 9.64. The van der Waals surface area contributed by atoms with Crippen molar-refractivity contribution in [1.82, 2.24) is 0 Å². The van der Waals surface area contributed by atoms with Crippen LogP contribution in [0.1, 0.15) is 89.0 Å². The molecule has 2 nitrogen and oxygen atoms in total. The maximum absolute atomic E-state index is 3.50. The predicted octanol–water partition coefficient (Wildman–Crippen LogP) is 22.1. The lowest BCUT2D eigenvalue weighted by Gasteiger charge is -2.11. The summed E-state index contributed by atoms with van der Waals surface area (Å²) in [6, 6.07) is 95.1. The molecule has 0 radical (unpaired) electrons. The van der Waals surface area contributed by atoms with E-state index in [4.69, 9.17) is 0 Å². The highest BCUT2D eigenvalue weighted by Crippen LogP contribution is 2.30. The van der Waals surface area contributed by atoms with Crippen molar-refractivity contribution in [3.8, 4) is 0 Å². The molecular formula is C81H82N2. The van der Waals surface area contributed by atoms with Gasteiger partial charge in [-0.3, -0.25) is 0 Å². The smallest absolute Gasteiger partial charge is 0.0464 e. The van der Waals surface area contributed by atoms with Crippen LogP contribution in [-0.4, -0.2) is 0 Å². The maximum Gasteiger partial charge on any atom is 0.0464 e. The average molecular weight is 1080 g/mol. The summed E-state index contributed by atoms with van der Waals surface area (Å²) in [4.78, 5) is 0. The summed E-state index contributed by atoms with van der Waals surface area (Å²) in [5.41, 5.74) is 25.9. The first-order chi connectivity index (χ1) is 40.2. The number of fused-ring (bicyclic) bond motifs is 2. The number of anilines is 4. The number of nitrogens with one attached hydrogen (secondary N) is 2. The highest BCUT2D eigenvalue weighted by atomic mass is 14.9. The SMILES string of the molecule is Cc1ccc(Cc2ccc(C)cc2)cc1.Cc1ccc(Cc2ccc(C)cc2)cc1.Cc1ccc(Cc2ccc(C)cc2)cc1.Cc1ccc(Nc2ccc(C)c3ccccc23)cc1.Cc1ccc(Nc2ccc(C)c3ccccc23)cc1. The predicted molar refractivity (Wildman–Crippen MR) is 362 cm³/mol. The van der Waals surface area contributed by atoms with Crippen molar-refractivity contribution >= 4 is 44.3 Å². The fraction of sp³-hybridized carbons (Fsp3) is 0.160. The molecule has 0 amide bonds. The lowest BCUT2D eigenvalue weighted by molar-refractivity contribution is 1.18. The molecule has 0 fully saturated rings. The van der Waals surface area contributed by atoms with Crippen LogP contribution in [0, 0.1) is 69.2 Å². The van der Waals surface area contributed by atoms with Crippen molar-refractivity contribution in [2.45, 2.75) is 88.5 Å². The van der Waals surface area contributed by atoms with Gasteiger partial charge in [-0.1, -0.05) is 275 Å². The van der Waals surface area contributed by atoms with Crippen molar-refractivity contribution in [2.75, 3.05) is 10.6 Å². The van der Waals surface area contributed by atoms with Gasteiger partial charge >= 0.3 is 0 Å². The van der Waals surface area contributed by atoms with Crippen LogP contribution in [0.5, 0.6) is 0 Å². The molecule has 0 saturated heterocycles. The molecule has 0 spiro atoms. The van der Waals surface area contributed by atoms with E-state index in [9.17, 15) is 0 Å². The number of hydrogen-bond acceptors (Lipinski definition) is 2. The van der Waals surface area contributed by atoms with E-state index in [1.165, 1.54) is 111 Å². The third-order valence-corrected chi connectivity index (χ3v) is 14.9. The molecule has 0 heterocycles. The summed E-state index contributed by atoms with van der Waals surface area (Å²) >= 11 is 0. The van der Waals surface area contributed by atoms with E-state index in [2.05, 4.69) is 347 Å². The lowest BCUT2D eigenvalue weighted by atomic mass is 10.0. The molecule has 12 aromatic carbocycles. The first-order valence-electron chi connectivity index (χ1n) is 29.2. The van der Waals surface area contributed by atoms with Gasteiger partial charge in [-0.05, 0) is 180 Å². The van der Waals surface area contributed by atoms with Gasteiger partial charge in [0.1, 0.15) is 0 Å². The minimum atomic E-state index is 1.03. The van der Waals surface area contributed by atoms with Crippen LogP contribution in [-0.2, 0) is 19.3 Å². The number of aryl methyl sites for hydroxylation is 10. The van der Waals surface area contributed by atoms with Crippen LogP contribution in [0.3, 0.4) is 0 Å². The molecule has 0 aliphatic heterocycles. The van der Waals surface area contributed by atoms with Gasteiger partial charge in [0, 0.05) is 33.5 Å². The van der Waals surface area contributed by atoms with Gasteiger partial charge in [0.15, 0.2) is 0 Å². The van der Waals surface area contributed by atoms with Crippen LogP contribution in [0.2, 0.25) is 0 Å². The Kier molecular flexibility index (Phi) is 21.6. The molecule has 0 atom stereocenters. The van der Waals surface area contributed by atoms with Crippen molar-refractivity contribution in [2.24, 2.45) is 0 Å². The number of benzene rings is 12. The topological polar surface area (TPSA) is 24.1 Å². The molecule has 0 unspecified atom stereocenters. The molecule has 0 saturated carbocycles. The summed E-state index contributed by atoms with van der Waals surface area (Å²) < 4.78 is 0. The van der Waals surface area contributed by atoms with Gasteiger partial charge in [0.25, 0.3) is 0 Å². The standard InChI is InChI=1S/2C18H17N.3C15H16/c2*1-13-7-10-15(11-8-13)19-18-12-9-14(2)16-5-3-4-6-17(16)18;3*1-12-3-7-14(8-4-12)11-15-9-5-13(2)6-10-15/h2*3-12,19H,1-2H3;3*3-10H,11H2,1-2H3. The van der Waals surface area contributed by atoms with E-state index in [-0.39, 0.29) is 0 Å². The zero-order chi connectivity index (χ0) is 58.5. The first-order valence-corrected chi connectivity index (χ1v) is 29.2. The Morgan fingerprint density at radius 2 is 0.386 bits per heavy atom. The van der Waals surface area contributed by atoms with E-state index in [1.54, 1.807) is 0 Å². The summed E-state index contributed by atoms with van der Waals surface area (Å²) in [6.07, 6.45) is 3.08. The van der Waals surface area contributed by atoms with Crippen LogP contribution in [0.15, 0.2) is 267 Å². The molecular weight excluding hydrogens is 1000 g/mol. The van der Waals surface area contributed by atoms with Gasteiger partial charge < -0.3 is 10.6 Å². The van der Waals surface area contributed by atoms with Gasteiger partial charge in [-0.2, -0.15) is 0 Å². The summed E-state index contributed by atoms with van der Waals surface area (Å²) in [5, 5.41) is 12.1. The molecule has 0 aliphatic carbocycles. The fourth-order valence-corrected chi connectivity index (χ4v) is 9.64. The van der Waals surface area contributed by atoms with Crippen molar-refractivity contribution in [3.05, 3.63) is 356 Å². The van der Waals surface area contributed by atoms with Crippen LogP contribution < -0.4 is 10.6 Å². The molecule has 0 bridgehead atoms. The Labute approximate surface area is 496 Å². The normalized spacial score (nSPS) is 10.4. The molecule has 2 N–H and O–H groups in total. The van der Waals surface area contributed by atoms with E-state index in [1.807, 2.05) is 0 Å². The Bertz CT molecular complexity index is 3420. The number of hydrogen-bond donors (Lipinski definition) is 2. The second-order valence-electron chi connectivity index (χ2n) is 22.4. The second-order valence-corrected chi connectivity index (χ2v) is 22.4. The second kappa shape index (κ2) is 30.0. The quantitative estimate of drug-likeness (QED) is 0.143. The Balaban J connectivity index is 0.000000136. The summed E-state index contributed by atoms with van der Waals surface area (Å²) in [7, 11) is 0. The highest BCUT2D eigenvalue weighted by Gasteiger charge is 2.06.